The van der Waals surface area contributed by atoms with Gasteiger partial charge in [0.15, 0.2) is 12.4 Å². The van der Waals surface area contributed by atoms with E-state index in [-0.39, 0.29) is 38.6 Å². The first-order valence-electron chi connectivity index (χ1n) is 41.5. The lowest BCUT2D eigenvalue weighted by atomic mass is 10.0. The Bertz CT molecular complexity index is 2590. The zero-order chi connectivity index (χ0) is 76.0. The Kier molecular flexibility index (Phi) is 77.7. The van der Waals surface area contributed by atoms with E-state index in [2.05, 4.69) is 245 Å². The summed E-state index contributed by atoms with van der Waals surface area (Å²) in [6.45, 7) is 4.46. The Morgan fingerprint density at radius 2 is 0.514 bits per heavy atom. The molecule has 0 fully saturated rings. The van der Waals surface area contributed by atoms with Crippen molar-refractivity contribution in [2.24, 2.45) is 0 Å². The van der Waals surface area contributed by atoms with Crippen LogP contribution >= 0.6 is 0 Å². The molecule has 2 atom stereocenters. The van der Waals surface area contributed by atoms with Gasteiger partial charge in [-0.15, -0.1) is 0 Å². The highest BCUT2D eigenvalue weighted by Gasteiger charge is 2.22. The SMILES string of the molecule is CC/C=C\C/C=C\C/C=C\C/C=C\C/C=C\C/C=C\C/C=C\C/C=C\C/C=C\C/C=C\C/C=C\C/C=C\CCCCC(=O)OC(COC(=O)CCCCCCCCCCCCCCCCCCCCC/C=C\C/C=C\C/C=C\C/C=C\C/C=C\C/C=C\C/C=C\CC)COC(OCC[N+](C)(C)C)C(=O)[O-]. The molecule has 0 spiro atoms. The summed E-state index contributed by atoms with van der Waals surface area (Å²) in [6, 6.07) is 0. The van der Waals surface area contributed by atoms with Gasteiger partial charge < -0.3 is 33.3 Å². The van der Waals surface area contributed by atoms with Crippen molar-refractivity contribution in [3.8, 4) is 0 Å². The van der Waals surface area contributed by atoms with Crippen LogP contribution in [0, 0.1) is 0 Å². The van der Waals surface area contributed by atoms with Crippen molar-refractivity contribution in [1.29, 1.82) is 0 Å². The molecule has 0 amide bonds. The van der Waals surface area contributed by atoms with Gasteiger partial charge in [-0.2, -0.15) is 0 Å². The lowest BCUT2D eigenvalue weighted by Gasteiger charge is -2.26. The van der Waals surface area contributed by atoms with Gasteiger partial charge >= 0.3 is 11.9 Å². The predicted octanol–water partition coefficient (Wildman–Crippen LogP) is 26.0. The third kappa shape index (κ3) is 84.5. The molecule has 0 aliphatic heterocycles. The van der Waals surface area contributed by atoms with Crippen LogP contribution in [0.15, 0.2) is 231 Å². The van der Waals surface area contributed by atoms with E-state index in [0.717, 1.165) is 154 Å². The van der Waals surface area contributed by atoms with Gasteiger partial charge in [-0.3, -0.25) is 9.59 Å². The van der Waals surface area contributed by atoms with Crippen molar-refractivity contribution >= 4 is 17.9 Å². The highest BCUT2D eigenvalue weighted by molar-refractivity contribution is 5.70. The quantitative estimate of drug-likeness (QED) is 0.0195. The summed E-state index contributed by atoms with van der Waals surface area (Å²) in [6.07, 6.45) is 129. The standard InChI is InChI=1S/C96H151NO8/c1-6-8-10-12-14-16-18-20-22-24-26-28-30-32-34-36-38-40-42-44-46-47-49-50-52-54-56-58-60-62-64-66-68-70-72-74-76-78-80-82-84-86-93(98)103-90-92(91-104-96(95(100)101)102-89-88-97(3,4)5)105-94(99)87-85-83-81-79-77-75-73-71-69-67-65-63-61-59-57-55-53-51-48-45-43-41-39-37-35-33-31-29-27-25-23-21-19-17-15-13-11-9-7-2/h8-11,14-17,20-23,26-29,32-35,38-41,44-46,48,53,55,59,61,65,67,71,73,77,79,92,96H,6-7,12-13,18-19,24-25,30-31,36-37,42-43,47,49-52,54,56-58,60,62-64,66,68-70,72,74-76,78,80-91H2,1-5H3/b10-8-,11-9-,16-14-,17-15-,22-20-,23-21-,28-26-,29-27-,34-32-,35-33-,40-38-,41-39-,46-44-,48-45-,55-53-,61-59-,67-65-,73-71-,79-77-. The molecule has 0 bridgehead atoms. The molecule has 2 unspecified atom stereocenters. The molecule has 0 aromatic heterocycles. The van der Waals surface area contributed by atoms with Crippen LogP contribution in [0.4, 0.5) is 0 Å². The third-order valence-corrected chi connectivity index (χ3v) is 16.9. The molecule has 0 saturated heterocycles. The van der Waals surface area contributed by atoms with Gasteiger partial charge in [0.2, 0.25) is 0 Å². The number of rotatable bonds is 74. The van der Waals surface area contributed by atoms with Crippen LogP contribution in [0.25, 0.3) is 0 Å². The number of nitrogens with zero attached hydrogens (tertiary/aromatic N) is 1. The van der Waals surface area contributed by atoms with Crippen LogP contribution in [0.2, 0.25) is 0 Å². The van der Waals surface area contributed by atoms with Gasteiger partial charge in [-0.1, -0.05) is 354 Å². The van der Waals surface area contributed by atoms with Crippen molar-refractivity contribution in [1.82, 2.24) is 0 Å². The van der Waals surface area contributed by atoms with Crippen LogP contribution in [0.5, 0.6) is 0 Å². The molecule has 0 radical (unpaired) electrons. The highest BCUT2D eigenvalue weighted by atomic mass is 16.7. The molecular formula is C96H151NO8. The third-order valence-electron chi connectivity index (χ3n) is 16.9. The van der Waals surface area contributed by atoms with Crippen LogP contribution in [0.1, 0.15) is 296 Å². The first-order chi connectivity index (χ1) is 51.6. The van der Waals surface area contributed by atoms with Gasteiger partial charge in [0, 0.05) is 12.8 Å². The number of unbranched alkanes of at least 4 members (excludes halogenated alkanes) is 21. The second-order valence-electron chi connectivity index (χ2n) is 27.9. The smallest absolute Gasteiger partial charge is 0.306 e. The van der Waals surface area contributed by atoms with Gasteiger partial charge in [0.1, 0.15) is 13.2 Å². The van der Waals surface area contributed by atoms with Crippen molar-refractivity contribution in [2.75, 3.05) is 47.5 Å². The van der Waals surface area contributed by atoms with Crippen LogP contribution in [-0.4, -0.2) is 82.3 Å². The summed E-state index contributed by atoms with van der Waals surface area (Å²) in [5.74, 6) is -2.36. The van der Waals surface area contributed by atoms with E-state index in [1.54, 1.807) is 0 Å². The first kappa shape index (κ1) is 98.4. The van der Waals surface area contributed by atoms with Crippen LogP contribution in [0.3, 0.4) is 0 Å². The molecule has 0 saturated carbocycles. The van der Waals surface area contributed by atoms with Crippen molar-refractivity contribution in [3.05, 3.63) is 231 Å². The summed E-state index contributed by atoms with van der Waals surface area (Å²) >= 11 is 0. The number of carbonyl (C=O) groups excluding carboxylic acids is 3. The summed E-state index contributed by atoms with van der Waals surface area (Å²) in [5, 5.41) is 11.9. The molecule has 0 N–H and O–H groups in total. The van der Waals surface area contributed by atoms with E-state index in [9.17, 15) is 19.5 Å². The van der Waals surface area contributed by atoms with Crippen LogP contribution < -0.4 is 5.11 Å². The second kappa shape index (κ2) is 83.0. The average Bonchev–Trinajstić information content (AvgIpc) is 1.97. The number of esters is 2. The first-order valence-corrected chi connectivity index (χ1v) is 41.5. The fourth-order valence-corrected chi connectivity index (χ4v) is 10.7. The van der Waals surface area contributed by atoms with E-state index in [0.29, 0.717) is 17.4 Å². The molecule has 0 aromatic carbocycles. The zero-order valence-corrected chi connectivity index (χ0v) is 67.2. The number of quaternary nitrogens is 1. The molecule has 0 heterocycles. The summed E-state index contributed by atoms with van der Waals surface area (Å²) in [4.78, 5) is 37.6. The number of hydrogen-bond donors (Lipinski definition) is 0. The molecule has 0 aliphatic carbocycles. The predicted molar refractivity (Wildman–Crippen MR) is 453 cm³/mol. The molecule has 0 rings (SSSR count). The number of carboxylic acid groups (broad SMARTS) is 1. The minimum atomic E-state index is -1.65. The summed E-state index contributed by atoms with van der Waals surface area (Å²) < 4.78 is 22.8. The minimum Gasteiger partial charge on any atom is -0.545 e. The van der Waals surface area contributed by atoms with E-state index in [1.807, 2.05) is 21.1 Å². The molecule has 0 aromatic rings. The van der Waals surface area contributed by atoms with E-state index < -0.39 is 24.3 Å². The Hall–Kier alpha value is -6.65. The molecular weight excluding hydrogens is 1300 g/mol. The number of hydrogen-bond acceptors (Lipinski definition) is 8. The fraction of sp³-hybridized carbons (Fsp3) is 0.573. The molecule has 588 valence electrons. The molecule has 9 nitrogen and oxygen atoms in total. The van der Waals surface area contributed by atoms with Gasteiger partial charge in [0.25, 0.3) is 0 Å². The summed E-state index contributed by atoms with van der Waals surface area (Å²) in [7, 11) is 5.91. The second-order valence-corrected chi connectivity index (χ2v) is 27.9. The Balaban J connectivity index is 4.15. The number of ether oxygens (including phenoxy) is 4. The normalized spacial score (nSPS) is 13.9. The minimum absolute atomic E-state index is 0.129. The molecule has 0 aliphatic rings. The topological polar surface area (TPSA) is 111 Å². The Labute approximate surface area is 644 Å². The van der Waals surface area contributed by atoms with E-state index in [4.69, 9.17) is 18.9 Å². The number of likely N-dealkylation sites (N-methyl/N-ethyl adjacent to an activating group) is 1. The van der Waals surface area contributed by atoms with Crippen LogP contribution in [-0.2, 0) is 33.3 Å². The largest absolute Gasteiger partial charge is 0.545 e. The van der Waals surface area contributed by atoms with Gasteiger partial charge in [-0.25, -0.2) is 0 Å². The molecule has 105 heavy (non-hydrogen) atoms. The number of aliphatic carboxylic acids is 1. The maximum atomic E-state index is 13.0. The van der Waals surface area contributed by atoms with Crippen molar-refractivity contribution < 1.29 is 42.9 Å². The maximum absolute atomic E-state index is 13.0. The maximum Gasteiger partial charge on any atom is 0.306 e. The van der Waals surface area contributed by atoms with E-state index in [1.165, 1.54) is 109 Å². The van der Waals surface area contributed by atoms with Crippen molar-refractivity contribution in [3.63, 3.8) is 0 Å². The fourth-order valence-electron chi connectivity index (χ4n) is 10.7. The van der Waals surface area contributed by atoms with Gasteiger partial charge in [0.05, 0.1) is 40.3 Å². The van der Waals surface area contributed by atoms with Crippen molar-refractivity contribution in [2.45, 2.75) is 309 Å². The highest BCUT2D eigenvalue weighted by Crippen LogP contribution is 2.17. The lowest BCUT2D eigenvalue weighted by Crippen LogP contribution is -2.44. The van der Waals surface area contributed by atoms with Gasteiger partial charge in [-0.05, 0) is 161 Å². The Morgan fingerprint density at radius 1 is 0.286 bits per heavy atom. The number of allylic oxidation sites excluding steroid dienone is 38. The number of carbonyl (C=O) groups is 3. The Morgan fingerprint density at radius 3 is 0.781 bits per heavy atom. The average molecular weight is 1450 g/mol. The number of carboxylic acids is 1. The summed E-state index contributed by atoms with van der Waals surface area (Å²) in [5.41, 5.74) is 0. The monoisotopic (exact) mass is 1450 g/mol. The lowest BCUT2D eigenvalue weighted by molar-refractivity contribution is -0.870. The zero-order valence-electron chi connectivity index (χ0n) is 67.2. The van der Waals surface area contributed by atoms with E-state index >= 15 is 0 Å². The molecule has 9 heteroatoms.